The van der Waals surface area contributed by atoms with Gasteiger partial charge in [0.05, 0.1) is 11.8 Å². The van der Waals surface area contributed by atoms with Gasteiger partial charge in [0.15, 0.2) is 6.10 Å². The van der Waals surface area contributed by atoms with Crippen LogP contribution in [0, 0.1) is 11.8 Å². The van der Waals surface area contributed by atoms with E-state index in [4.69, 9.17) is 25.7 Å². The van der Waals surface area contributed by atoms with Crippen molar-refractivity contribution in [2.24, 2.45) is 28.3 Å². The largest absolute Gasteiger partial charge is 0.506 e. The molecular formula is C32H49N5O7. The van der Waals surface area contributed by atoms with Crippen LogP contribution >= 0.6 is 0 Å². The lowest BCUT2D eigenvalue weighted by molar-refractivity contribution is -0.112. The summed E-state index contributed by atoms with van der Waals surface area (Å²) >= 11 is 0. The van der Waals surface area contributed by atoms with E-state index in [1.54, 1.807) is 45.4 Å². The maximum absolute atomic E-state index is 13.1. The number of ether oxygens (including phenoxy) is 3. The molecule has 0 spiro atoms. The molecule has 1 aromatic rings. The summed E-state index contributed by atoms with van der Waals surface area (Å²) < 4.78 is 16.8. The number of rotatable bonds is 6. The van der Waals surface area contributed by atoms with Crippen LogP contribution in [-0.2, 0) is 25.4 Å². The lowest BCUT2D eigenvalue weighted by atomic mass is 9.86. The van der Waals surface area contributed by atoms with Crippen molar-refractivity contribution >= 4 is 29.6 Å². The average Bonchev–Trinajstić information content (AvgIpc) is 2.95. The van der Waals surface area contributed by atoms with E-state index < -0.39 is 30.3 Å². The SMILES string of the molecule is CO[C@H]1/C=C\C=C(/C)C(=O)Nc2cc(O)c(N=CCN(C)C)c(c2O)C[C@@H](C)C[C@H](OC)[C@H](N)[C@@H](C)/C=C(\C)[C@@H]1OC(N)=O. The number of methoxy groups -OCH3 is 2. The van der Waals surface area contributed by atoms with Crippen molar-refractivity contribution in [2.45, 2.75) is 64.9 Å². The molecule has 244 valence electrons. The molecule has 1 aliphatic heterocycles. The fraction of sp³-hybridized carbons (Fsp3) is 0.531. The van der Waals surface area contributed by atoms with Crippen molar-refractivity contribution < 1.29 is 34.0 Å². The van der Waals surface area contributed by atoms with E-state index in [2.05, 4.69) is 10.3 Å². The summed E-state index contributed by atoms with van der Waals surface area (Å²) in [6.07, 6.45) is 6.26. The van der Waals surface area contributed by atoms with Crippen LogP contribution in [0.5, 0.6) is 11.5 Å². The third kappa shape index (κ3) is 10.2. The monoisotopic (exact) mass is 615 g/mol. The van der Waals surface area contributed by atoms with Gasteiger partial charge in [-0.1, -0.05) is 38.2 Å². The minimum atomic E-state index is -0.960. The topological polar surface area (TPSA) is 182 Å². The third-order valence-corrected chi connectivity index (χ3v) is 7.59. The van der Waals surface area contributed by atoms with Crippen LogP contribution in [0.3, 0.4) is 0 Å². The molecule has 1 aromatic carbocycles. The number of anilines is 1. The molecule has 2 rings (SSSR count). The second-order valence-electron chi connectivity index (χ2n) is 11.6. The summed E-state index contributed by atoms with van der Waals surface area (Å²) in [5.74, 6) is -1.15. The van der Waals surface area contributed by atoms with E-state index in [0.29, 0.717) is 36.1 Å². The van der Waals surface area contributed by atoms with E-state index in [9.17, 15) is 19.8 Å². The second-order valence-corrected chi connectivity index (χ2v) is 11.6. The van der Waals surface area contributed by atoms with Gasteiger partial charge in [-0.15, -0.1) is 0 Å². The van der Waals surface area contributed by atoms with Gasteiger partial charge in [-0.2, -0.15) is 0 Å². The lowest BCUT2D eigenvalue weighted by Crippen LogP contribution is -2.42. The molecule has 12 nitrogen and oxygen atoms in total. The van der Waals surface area contributed by atoms with Crippen molar-refractivity contribution in [3.8, 4) is 11.5 Å². The van der Waals surface area contributed by atoms with E-state index in [0.717, 1.165) is 0 Å². The molecule has 44 heavy (non-hydrogen) atoms. The first kappa shape index (κ1) is 36.5. The molecular weight excluding hydrogens is 566 g/mol. The summed E-state index contributed by atoms with van der Waals surface area (Å²) in [6, 6.07) is 0.840. The summed E-state index contributed by atoms with van der Waals surface area (Å²) in [5, 5.41) is 25.0. The van der Waals surface area contributed by atoms with Gasteiger partial charge in [0.25, 0.3) is 5.91 Å². The molecule has 0 radical (unpaired) electrons. The van der Waals surface area contributed by atoms with E-state index >= 15 is 0 Å². The van der Waals surface area contributed by atoms with Crippen LogP contribution < -0.4 is 16.8 Å². The number of hydrogen-bond donors (Lipinski definition) is 5. The highest BCUT2D eigenvalue weighted by Crippen LogP contribution is 2.44. The van der Waals surface area contributed by atoms with Crippen molar-refractivity contribution in [1.29, 1.82) is 0 Å². The molecule has 0 aromatic heterocycles. The van der Waals surface area contributed by atoms with Crippen molar-refractivity contribution in [1.82, 2.24) is 4.90 Å². The Bertz CT molecular complexity index is 1270. The zero-order valence-corrected chi connectivity index (χ0v) is 27.0. The minimum Gasteiger partial charge on any atom is -0.506 e. The van der Waals surface area contributed by atoms with Crippen molar-refractivity contribution in [2.75, 3.05) is 40.2 Å². The number of fused-ring (bicyclic) bond motifs is 2. The number of primary amides is 1. The normalized spacial score (nSPS) is 29.0. The number of phenols is 2. The van der Waals surface area contributed by atoms with Crippen molar-refractivity contribution in [3.05, 3.63) is 47.1 Å². The van der Waals surface area contributed by atoms with Crippen molar-refractivity contribution in [3.63, 3.8) is 0 Å². The fourth-order valence-electron chi connectivity index (χ4n) is 5.08. The molecule has 0 aliphatic carbocycles. The smallest absolute Gasteiger partial charge is 0.405 e. The van der Waals surface area contributed by atoms with Crippen LogP contribution in [0.1, 0.15) is 39.7 Å². The molecule has 7 N–H and O–H groups in total. The summed E-state index contributed by atoms with van der Waals surface area (Å²) in [5.41, 5.74) is 13.7. The summed E-state index contributed by atoms with van der Waals surface area (Å²) in [6.45, 7) is 7.85. The first-order chi connectivity index (χ1) is 20.7. The van der Waals surface area contributed by atoms with Crippen LogP contribution in [0.2, 0.25) is 0 Å². The Balaban J connectivity index is 2.69. The molecule has 12 heteroatoms. The number of nitrogens with zero attached hydrogens (tertiary/aromatic N) is 2. The second kappa shape index (κ2) is 17.0. The Morgan fingerprint density at radius 3 is 2.48 bits per heavy atom. The molecule has 6 atom stereocenters. The summed E-state index contributed by atoms with van der Waals surface area (Å²) in [7, 11) is 6.84. The highest BCUT2D eigenvalue weighted by Gasteiger charge is 2.29. The fourth-order valence-corrected chi connectivity index (χ4v) is 5.08. The number of amides is 2. The van der Waals surface area contributed by atoms with Gasteiger partial charge in [0, 0.05) is 50.2 Å². The molecule has 1 aliphatic rings. The Morgan fingerprint density at radius 2 is 1.89 bits per heavy atom. The number of benzene rings is 1. The third-order valence-electron chi connectivity index (χ3n) is 7.59. The number of hydrogen-bond acceptors (Lipinski definition) is 10. The highest BCUT2D eigenvalue weighted by atomic mass is 16.6. The maximum atomic E-state index is 13.1. The van der Waals surface area contributed by atoms with Crippen LogP contribution in [0.15, 0.2) is 46.5 Å². The lowest BCUT2D eigenvalue weighted by Gasteiger charge is -2.30. The van der Waals surface area contributed by atoms with Gasteiger partial charge >= 0.3 is 6.09 Å². The van der Waals surface area contributed by atoms with Gasteiger partial charge in [-0.3, -0.25) is 9.79 Å². The number of aliphatic imine (C=N–C) groups is 1. The first-order valence-corrected chi connectivity index (χ1v) is 14.6. The number of nitrogens with two attached hydrogens (primary N) is 2. The molecule has 2 amide bonds. The molecule has 0 fully saturated rings. The predicted octanol–water partition coefficient (Wildman–Crippen LogP) is 3.79. The van der Waals surface area contributed by atoms with Crippen LogP contribution in [0.25, 0.3) is 0 Å². The zero-order valence-electron chi connectivity index (χ0n) is 27.0. The minimum absolute atomic E-state index is 0.0500. The van der Waals surface area contributed by atoms with Gasteiger partial charge in [-0.25, -0.2) is 4.79 Å². The summed E-state index contributed by atoms with van der Waals surface area (Å²) in [4.78, 5) is 31.3. The molecule has 0 saturated carbocycles. The number of allylic oxidation sites excluding steroid dienone is 2. The zero-order chi connectivity index (χ0) is 33.1. The highest BCUT2D eigenvalue weighted by molar-refractivity contribution is 6.04. The van der Waals surface area contributed by atoms with Crippen LogP contribution in [-0.4, -0.2) is 92.5 Å². The van der Waals surface area contributed by atoms with Crippen LogP contribution in [0.4, 0.5) is 16.2 Å². The number of carbonyl (C=O) groups is 2. The Kier molecular flexibility index (Phi) is 14.1. The number of nitrogens with one attached hydrogen (secondary N) is 1. The van der Waals surface area contributed by atoms with Gasteiger partial charge < -0.3 is 46.1 Å². The van der Waals surface area contributed by atoms with Gasteiger partial charge in [0.2, 0.25) is 0 Å². The molecule has 0 unspecified atom stereocenters. The van der Waals surface area contributed by atoms with E-state index in [1.807, 2.05) is 38.9 Å². The Morgan fingerprint density at radius 1 is 1.20 bits per heavy atom. The molecule has 1 heterocycles. The maximum Gasteiger partial charge on any atom is 0.405 e. The number of aromatic hydroxyl groups is 2. The van der Waals surface area contributed by atoms with E-state index in [-0.39, 0.29) is 40.8 Å². The average molecular weight is 616 g/mol. The Labute approximate surface area is 260 Å². The quantitative estimate of drug-likeness (QED) is 0.138. The van der Waals surface area contributed by atoms with Gasteiger partial charge in [0.1, 0.15) is 23.3 Å². The number of carbonyl (C=O) groups excluding carboxylic acids is 2. The Hall–Kier alpha value is -3.71. The standard InChI is InChI=1S/C32H49N5O7/c1-18-14-22-28(35-12-13-37(5)6)24(38)17-23(29(22)39)36-31(40)19(2)10-9-11-25(42-7)30(44-32(34)41)21(4)16-20(3)27(33)26(15-18)43-8/h9-12,16-18,20,25-27,30,38-39H,13-15,33H2,1-8H3,(H2,34,41)(H,36,40)/b11-9-,19-10+,21-16+,35-12?/t18-,20+,25+,26+,27-,30+/m1/s1. The molecule has 0 saturated heterocycles. The molecule has 2 bridgehead atoms. The van der Waals surface area contributed by atoms with E-state index in [1.165, 1.54) is 13.2 Å². The first-order valence-electron chi connectivity index (χ1n) is 14.6. The predicted molar refractivity (Wildman–Crippen MR) is 172 cm³/mol. The van der Waals surface area contributed by atoms with Gasteiger partial charge in [-0.05, 0) is 58.2 Å². The number of phenolic OH excluding ortho intramolecular Hbond substituents is 2.